The summed E-state index contributed by atoms with van der Waals surface area (Å²) >= 11 is 1.23. The number of nitrogens with one attached hydrogen (secondary N) is 1. The summed E-state index contributed by atoms with van der Waals surface area (Å²) in [7, 11) is 0. The van der Waals surface area contributed by atoms with Gasteiger partial charge in [0.2, 0.25) is 0 Å². The molecule has 1 unspecified atom stereocenters. The lowest BCUT2D eigenvalue weighted by Gasteiger charge is -2.12. The molecule has 1 rings (SSSR count). The molecule has 3 N–H and O–H groups in total. The molecule has 6 heteroatoms. The van der Waals surface area contributed by atoms with E-state index in [9.17, 15) is 9.59 Å². The van der Waals surface area contributed by atoms with E-state index in [0.717, 1.165) is 6.42 Å². The highest BCUT2D eigenvalue weighted by Gasteiger charge is 2.27. The minimum absolute atomic E-state index is 0.0553. The molecular weight excluding hydrogens is 288 g/mol. The van der Waals surface area contributed by atoms with E-state index >= 15 is 0 Å². The first-order valence-corrected chi connectivity index (χ1v) is 8.05. The molecule has 21 heavy (non-hydrogen) atoms. The molecular formula is C15H24N2O3S. The van der Waals surface area contributed by atoms with Gasteiger partial charge in [0, 0.05) is 12.0 Å². The van der Waals surface area contributed by atoms with Gasteiger partial charge < -0.3 is 15.8 Å². The minimum atomic E-state index is -0.486. The van der Waals surface area contributed by atoms with Crippen LogP contribution >= 0.6 is 11.3 Å². The summed E-state index contributed by atoms with van der Waals surface area (Å²) < 4.78 is 5.05. The average Bonchev–Trinajstić information content (AvgIpc) is 2.74. The molecule has 0 radical (unpaired) electrons. The normalized spacial score (nSPS) is 12.3. The van der Waals surface area contributed by atoms with Gasteiger partial charge in [0.25, 0.3) is 0 Å². The van der Waals surface area contributed by atoms with Crippen LogP contribution in [-0.2, 0) is 4.74 Å². The third-order valence-electron chi connectivity index (χ3n) is 3.16. The number of carbonyl (C=O) groups excluding carboxylic acids is 2. The molecule has 1 heterocycles. The predicted octanol–water partition coefficient (Wildman–Crippen LogP) is 3.56. The van der Waals surface area contributed by atoms with Crippen molar-refractivity contribution in [3.05, 3.63) is 10.4 Å². The summed E-state index contributed by atoms with van der Waals surface area (Å²) in [4.78, 5) is 24.8. The Kier molecular flexibility index (Phi) is 6.20. The first-order chi connectivity index (χ1) is 9.83. The zero-order chi connectivity index (χ0) is 16.2. The van der Waals surface area contributed by atoms with E-state index in [-0.39, 0.29) is 35.6 Å². The summed E-state index contributed by atoms with van der Waals surface area (Å²) in [6.45, 7) is 9.68. The van der Waals surface area contributed by atoms with Crippen LogP contribution in [0.15, 0.2) is 0 Å². The summed E-state index contributed by atoms with van der Waals surface area (Å²) in [5, 5.41) is 3.86. The number of nitrogen functional groups attached to an aromatic ring is 1. The van der Waals surface area contributed by atoms with Gasteiger partial charge in [-0.2, -0.15) is 0 Å². The van der Waals surface area contributed by atoms with E-state index in [4.69, 9.17) is 10.5 Å². The third kappa shape index (κ3) is 3.97. The predicted molar refractivity (Wildman–Crippen MR) is 87.2 cm³/mol. The maximum atomic E-state index is 12.2. The van der Waals surface area contributed by atoms with Crippen molar-refractivity contribution in [2.24, 2.45) is 5.92 Å². The van der Waals surface area contributed by atoms with Crippen molar-refractivity contribution >= 4 is 33.8 Å². The van der Waals surface area contributed by atoms with E-state index < -0.39 is 5.97 Å². The van der Waals surface area contributed by atoms with Crippen molar-refractivity contribution in [3.8, 4) is 0 Å². The number of nitrogens with two attached hydrogens (primary N) is 1. The molecule has 5 nitrogen and oxygen atoms in total. The third-order valence-corrected chi connectivity index (χ3v) is 4.31. The van der Waals surface area contributed by atoms with Crippen LogP contribution in [0.25, 0.3) is 0 Å². The van der Waals surface area contributed by atoms with Crippen molar-refractivity contribution in [2.75, 3.05) is 17.7 Å². The lowest BCUT2D eigenvalue weighted by atomic mass is 10.1. The SMILES string of the molecule is CCOC(=O)c1c(NC(C)CC)sc(C(=O)C(C)C)c1N. The quantitative estimate of drug-likeness (QED) is 0.594. The number of rotatable bonds is 7. The number of Topliss-reactive ketones (excluding diaryl/α,β-unsaturated/α-hetero) is 1. The van der Waals surface area contributed by atoms with E-state index in [0.29, 0.717) is 9.88 Å². The number of esters is 1. The number of thiophene rings is 1. The summed E-state index contributed by atoms with van der Waals surface area (Å²) in [6, 6.07) is 0.179. The number of anilines is 2. The van der Waals surface area contributed by atoms with Crippen LogP contribution in [0.1, 0.15) is 61.1 Å². The minimum Gasteiger partial charge on any atom is -0.462 e. The first kappa shape index (κ1) is 17.5. The van der Waals surface area contributed by atoms with Crippen LogP contribution in [-0.4, -0.2) is 24.4 Å². The molecule has 118 valence electrons. The number of ether oxygens (including phenoxy) is 1. The highest BCUT2D eigenvalue weighted by atomic mass is 32.1. The largest absolute Gasteiger partial charge is 0.462 e. The van der Waals surface area contributed by atoms with Crippen molar-refractivity contribution in [1.82, 2.24) is 0 Å². The number of hydrogen-bond acceptors (Lipinski definition) is 6. The van der Waals surface area contributed by atoms with Crippen LogP contribution in [0.3, 0.4) is 0 Å². The highest BCUT2D eigenvalue weighted by molar-refractivity contribution is 7.19. The Hall–Kier alpha value is -1.56. The van der Waals surface area contributed by atoms with Crippen molar-refractivity contribution in [2.45, 2.75) is 47.1 Å². The van der Waals surface area contributed by atoms with Crippen LogP contribution in [0, 0.1) is 5.92 Å². The van der Waals surface area contributed by atoms with Gasteiger partial charge in [0.1, 0.15) is 10.6 Å². The van der Waals surface area contributed by atoms with Gasteiger partial charge in [-0.25, -0.2) is 4.79 Å². The van der Waals surface area contributed by atoms with Gasteiger partial charge in [-0.15, -0.1) is 11.3 Å². The van der Waals surface area contributed by atoms with Gasteiger partial charge in [0.05, 0.1) is 17.2 Å². The second kappa shape index (κ2) is 7.45. The van der Waals surface area contributed by atoms with Crippen molar-refractivity contribution in [1.29, 1.82) is 0 Å². The smallest absolute Gasteiger partial charge is 0.343 e. The molecule has 0 fully saturated rings. The Morgan fingerprint density at radius 3 is 2.38 bits per heavy atom. The molecule has 0 aromatic carbocycles. The molecule has 0 aliphatic carbocycles. The lowest BCUT2D eigenvalue weighted by Crippen LogP contribution is -2.16. The van der Waals surface area contributed by atoms with Crippen LogP contribution < -0.4 is 11.1 Å². The molecule has 0 spiro atoms. The van der Waals surface area contributed by atoms with Crippen LogP contribution in [0.4, 0.5) is 10.7 Å². The zero-order valence-corrected chi connectivity index (χ0v) is 14.1. The van der Waals surface area contributed by atoms with Crippen molar-refractivity contribution < 1.29 is 14.3 Å². The Bertz CT molecular complexity index is 523. The number of hydrogen-bond donors (Lipinski definition) is 2. The van der Waals surface area contributed by atoms with Gasteiger partial charge in [-0.3, -0.25) is 4.79 Å². The summed E-state index contributed by atoms with van der Waals surface area (Å²) in [5.41, 5.74) is 6.55. The molecule has 0 saturated carbocycles. The fraction of sp³-hybridized carbons (Fsp3) is 0.600. The first-order valence-electron chi connectivity index (χ1n) is 7.23. The van der Waals surface area contributed by atoms with Crippen LogP contribution in [0.5, 0.6) is 0 Å². The fourth-order valence-electron chi connectivity index (χ4n) is 1.72. The Labute approximate surface area is 129 Å². The zero-order valence-electron chi connectivity index (χ0n) is 13.3. The maximum absolute atomic E-state index is 12.2. The Balaban J connectivity index is 3.29. The summed E-state index contributed by atoms with van der Waals surface area (Å²) in [5.74, 6) is -0.711. The molecule has 1 aromatic heterocycles. The molecule has 0 aliphatic heterocycles. The van der Waals surface area contributed by atoms with E-state index in [2.05, 4.69) is 5.32 Å². The number of ketones is 1. The van der Waals surface area contributed by atoms with E-state index in [1.807, 2.05) is 27.7 Å². The molecule has 0 saturated heterocycles. The Morgan fingerprint density at radius 1 is 1.29 bits per heavy atom. The van der Waals surface area contributed by atoms with Gasteiger partial charge >= 0.3 is 5.97 Å². The van der Waals surface area contributed by atoms with Gasteiger partial charge in [-0.1, -0.05) is 20.8 Å². The van der Waals surface area contributed by atoms with Gasteiger partial charge in [-0.05, 0) is 20.3 Å². The molecule has 0 amide bonds. The molecule has 1 atom stereocenters. The highest BCUT2D eigenvalue weighted by Crippen LogP contribution is 2.38. The number of carbonyl (C=O) groups is 2. The second-order valence-electron chi connectivity index (χ2n) is 5.24. The van der Waals surface area contributed by atoms with E-state index in [1.165, 1.54) is 11.3 Å². The Morgan fingerprint density at radius 2 is 1.90 bits per heavy atom. The monoisotopic (exact) mass is 312 g/mol. The summed E-state index contributed by atoms with van der Waals surface area (Å²) in [6.07, 6.45) is 0.896. The lowest BCUT2D eigenvalue weighted by molar-refractivity contribution is 0.0529. The maximum Gasteiger partial charge on any atom is 0.343 e. The molecule has 0 bridgehead atoms. The molecule has 0 aliphatic rings. The fourth-order valence-corrected chi connectivity index (χ4v) is 3.03. The molecule has 1 aromatic rings. The second-order valence-corrected chi connectivity index (χ2v) is 6.26. The standard InChI is InChI=1S/C15H24N2O3S/c1-6-9(5)17-14-10(15(19)20-7-2)11(16)13(21-14)12(18)8(3)4/h8-9,17H,6-7,16H2,1-5H3. The van der Waals surface area contributed by atoms with Crippen molar-refractivity contribution in [3.63, 3.8) is 0 Å². The van der Waals surface area contributed by atoms with Crippen LogP contribution in [0.2, 0.25) is 0 Å². The average molecular weight is 312 g/mol. The van der Waals surface area contributed by atoms with E-state index in [1.54, 1.807) is 6.92 Å². The topological polar surface area (TPSA) is 81.4 Å². The van der Waals surface area contributed by atoms with Gasteiger partial charge in [0.15, 0.2) is 5.78 Å².